The summed E-state index contributed by atoms with van der Waals surface area (Å²) in [5, 5.41) is 3.06. The van der Waals surface area contributed by atoms with Gasteiger partial charge in [0.1, 0.15) is 0 Å². The Kier molecular flexibility index (Phi) is 7.39. The molecule has 0 saturated heterocycles. The lowest BCUT2D eigenvalue weighted by Gasteiger charge is -2.29. The largest absolute Gasteiger partial charge is 0.342 e. The lowest BCUT2D eigenvalue weighted by atomic mass is 10.1. The second-order valence-corrected chi connectivity index (χ2v) is 5.49. The van der Waals surface area contributed by atoms with Gasteiger partial charge in [0, 0.05) is 25.6 Å². The predicted molar refractivity (Wildman–Crippen MR) is 69.3 cm³/mol. The summed E-state index contributed by atoms with van der Waals surface area (Å²) in [6.45, 7) is 13.1. The molecular weight excluding hydrogens is 200 g/mol. The lowest BCUT2D eigenvalue weighted by molar-refractivity contribution is -0.135. The van der Waals surface area contributed by atoms with Crippen molar-refractivity contribution in [2.24, 2.45) is 17.8 Å². The molecule has 0 aromatic heterocycles. The van der Waals surface area contributed by atoms with Gasteiger partial charge in [-0.25, -0.2) is 0 Å². The highest BCUT2D eigenvalue weighted by Gasteiger charge is 2.21. The molecule has 0 aliphatic carbocycles. The zero-order chi connectivity index (χ0) is 12.7. The monoisotopic (exact) mass is 228 g/mol. The first-order valence-electron chi connectivity index (χ1n) is 6.31. The summed E-state index contributed by atoms with van der Waals surface area (Å²) in [5.41, 5.74) is 0. The molecule has 1 amide bonds. The highest BCUT2D eigenvalue weighted by molar-refractivity contribution is 5.78. The van der Waals surface area contributed by atoms with Crippen LogP contribution < -0.4 is 5.32 Å². The van der Waals surface area contributed by atoms with Gasteiger partial charge >= 0.3 is 0 Å². The van der Waals surface area contributed by atoms with Crippen molar-refractivity contribution in [3.8, 4) is 0 Å². The summed E-state index contributed by atoms with van der Waals surface area (Å²) in [6.07, 6.45) is 0. The first-order valence-corrected chi connectivity index (χ1v) is 6.31. The van der Waals surface area contributed by atoms with Crippen LogP contribution in [-0.4, -0.2) is 37.5 Å². The number of rotatable bonds is 7. The third-order valence-electron chi connectivity index (χ3n) is 2.41. The van der Waals surface area contributed by atoms with E-state index in [9.17, 15) is 4.79 Å². The molecule has 0 spiro atoms. The number of nitrogens with zero attached hydrogens (tertiary/aromatic N) is 1. The average molecular weight is 228 g/mol. The second-order valence-electron chi connectivity index (χ2n) is 5.49. The van der Waals surface area contributed by atoms with Crippen LogP contribution in [0.1, 0.15) is 34.6 Å². The van der Waals surface area contributed by atoms with Crippen molar-refractivity contribution in [3.63, 3.8) is 0 Å². The van der Waals surface area contributed by atoms with E-state index in [0.29, 0.717) is 11.8 Å². The van der Waals surface area contributed by atoms with Crippen LogP contribution in [0.25, 0.3) is 0 Å². The third kappa shape index (κ3) is 6.11. The van der Waals surface area contributed by atoms with Crippen molar-refractivity contribution in [2.75, 3.05) is 26.7 Å². The fraction of sp³-hybridized carbons (Fsp3) is 0.923. The van der Waals surface area contributed by atoms with E-state index >= 15 is 0 Å². The maximum absolute atomic E-state index is 12.2. The molecule has 0 aromatic rings. The normalized spacial score (nSPS) is 13.2. The number of hydrogen-bond acceptors (Lipinski definition) is 2. The molecule has 96 valence electrons. The van der Waals surface area contributed by atoms with E-state index in [-0.39, 0.29) is 11.8 Å². The number of amides is 1. The second kappa shape index (κ2) is 7.66. The zero-order valence-electron chi connectivity index (χ0n) is 11.7. The van der Waals surface area contributed by atoms with Gasteiger partial charge in [-0.05, 0) is 18.9 Å². The van der Waals surface area contributed by atoms with Crippen LogP contribution in [0.4, 0.5) is 0 Å². The van der Waals surface area contributed by atoms with Crippen molar-refractivity contribution in [2.45, 2.75) is 34.6 Å². The molecule has 0 bridgehead atoms. The number of carbonyl (C=O) groups excluding carboxylic acids is 1. The molecule has 1 atom stereocenters. The Hall–Kier alpha value is -0.570. The van der Waals surface area contributed by atoms with Gasteiger partial charge in [-0.1, -0.05) is 34.6 Å². The van der Waals surface area contributed by atoms with Crippen LogP contribution in [0.5, 0.6) is 0 Å². The van der Waals surface area contributed by atoms with E-state index in [1.54, 1.807) is 0 Å². The first kappa shape index (κ1) is 15.4. The number of carbonyl (C=O) groups is 1. The molecule has 0 saturated carbocycles. The van der Waals surface area contributed by atoms with Crippen molar-refractivity contribution in [3.05, 3.63) is 0 Å². The lowest BCUT2D eigenvalue weighted by Crippen LogP contribution is -2.42. The van der Waals surface area contributed by atoms with Crippen LogP contribution in [0.15, 0.2) is 0 Å². The molecule has 0 fully saturated rings. The van der Waals surface area contributed by atoms with Gasteiger partial charge in [0.15, 0.2) is 0 Å². The minimum Gasteiger partial charge on any atom is -0.342 e. The highest BCUT2D eigenvalue weighted by atomic mass is 16.2. The molecule has 0 aliphatic rings. The Morgan fingerprint density at radius 3 is 1.81 bits per heavy atom. The maximum Gasteiger partial charge on any atom is 0.226 e. The molecule has 0 aromatic carbocycles. The Morgan fingerprint density at radius 2 is 1.50 bits per heavy atom. The predicted octanol–water partition coefficient (Wildman–Crippen LogP) is 1.98. The Labute approximate surface area is 101 Å². The smallest absolute Gasteiger partial charge is 0.226 e. The topological polar surface area (TPSA) is 32.3 Å². The summed E-state index contributed by atoms with van der Waals surface area (Å²) >= 11 is 0. The minimum atomic E-state index is 0.0718. The van der Waals surface area contributed by atoms with Gasteiger partial charge in [0.05, 0.1) is 0 Å². The third-order valence-corrected chi connectivity index (χ3v) is 2.41. The molecule has 0 radical (unpaired) electrons. The number of hydrogen-bond donors (Lipinski definition) is 1. The fourth-order valence-electron chi connectivity index (χ4n) is 1.84. The van der Waals surface area contributed by atoms with Crippen LogP contribution >= 0.6 is 0 Å². The Morgan fingerprint density at radius 1 is 1.06 bits per heavy atom. The SMILES string of the molecule is CNCC(C)C(=O)N(CC(C)C)CC(C)C. The van der Waals surface area contributed by atoms with E-state index in [2.05, 4.69) is 33.0 Å². The Balaban J connectivity index is 4.42. The van der Waals surface area contributed by atoms with Gasteiger partial charge in [0.2, 0.25) is 5.91 Å². The first-order chi connectivity index (χ1) is 7.38. The summed E-state index contributed by atoms with van der Waals surface area (Å²) in [7, 11) is 1.89. The van der Waals surface area contributed by atoms with E-state index < -0.39 is 0 Å². The molecule has 0 aliphatic heterocycles. The standard InChI is InChI=1S/C13H28N2O/c1-10(2)8-15(9-11(3)4)13(16)12(5)7-14-6/h10-12,14H,7-9H2,1-6H3. The van der Waals surface area contributed by atoms with Gasteiger partial charge in [-0.15, -0.1) is 0 Å². The molecule has 1 N–H and O–H groups in total. The Bertz CT molecular complexity index is 192. The molecule has 0 rings (SSSR count). The molecule has 0 heterocycles. The quantitative estimate of drug-likeness (QED) is 0.722. The molecule has 3 nitrogen and oxygen atoms in total. The van der Waals surface area contributed by atoms with Gasteiger partial charge < -0.3 is 10.2 Å². The van der Waals surface area contributed by atoms with Crippen LogP contribution in [0.3, 0.4) is 0 Å². The van der Waals surface area contributed by atoms with Crippen molar-refractivity contribution in [1.29, 1.82) is 0 Å². The minimum absolute atomic E-state index is 0.0718. The van der Waals surface area contributed by atoms with E-state index in [0.717, 1.165) is 19.6 Å². The van der Waals surface area contributed by atoms with Crippen LogP contribution in [-0.2, 0) is 4.79 Å². The van der Waals surface area contributed by atoms with E-state index in [4.69, 9.17) is 0 Å². The van der Waals surface area contributed by atoms with Crippen molar-refractivity contribution < 1.29 is 4.79 Å². The molecule has 1 unspecified atom stereocenters. The van der Waals surface area contributed by atoms with Crippen molar-refractivity contribution in [1.82, 2.24) is 10.2 Å². The summed E-state index contributed by atoms with van der Waals surface area (Å²) in [6, 6.07) is 0. The van der Waals surface area contributed by atoms with Gasteiger partial charge in [-0.3, -0.25) is 4.79 Å². The van der Waals surface area contributed by atoms with E-state index in [1.807, 2.05) is 18.9 Å². The summed E-state index contributed by atoms with van der Waals surface area (Å²) in [4.78, 5) is 14.2. The summed E-state index contributed by atoms with van der Waals surface area (Å²) < 4.78 is 0. The molecular formula is C13H28N2O. The maximum atomic E-state index is 12.2. The summed E-state index contributed by atoms with van der Waals surface area (Å²) in [5.74, 6) is 1.41. The van der Waals surface area contributed by atoms with Gasteiger partial charge in [-0.2, -0.15) is 0 Å². The number of nitrogens with one attached hydrogen (secondary N) is 1. The van der Waals surface area contributed by atoms with Crippen LogP contribution in [0, 0.1) is 17.8 Å². The highest BCUT2D eigenvalue weighted by Crippen LogP contribution is 2.08. The average Bonchev–Trinajstić information content (AvgIpc) is 2.14. The van der Waals surface area contributed by atoms with E-state index in [1.165, 1.54) is 0 Å². The van der Waals surface area contributed by atoms with Crippen molar-refractivity contribution >= 4 is 5.91 Å². The fourth-order valence-corrected chi connectivity index (χ4v) is 1.84. The van der Waals surface area contributed by atoms with Crippen LogP contribution in [0.2, 0.25) is 0 Å². The van der Waals surface area contributed by atoms with Gasteiger partial charge in [0.25, 0.3) is 0 Å². The molecule has 3 heteroatoms. The zero-order valence-corrected chi connectivity index (χ0v) is 11.7. The molecule has 16 heavy (non-hydrogen) atoms.